The molecule has 0 amide bonds. The second-order valence-corrected chi connectivity index (χ2v) is 3.88. The Morgan fingerprint density at radius 2 is 2.57 bits per heavy atom. The maximum Gasteiger partial charge on any atom is 0.257 e. The largest absolute Gasteiger partial charge is 0.484 e. The maximum atomic E-state index is 5.55. The Hall–Kier alpha value is -0.810. The minimum Gasteiger partial charge on any atom is -0.484 e. The molecule has 0 bridgehead atoms. The smallest absolute Gasteiger partial charge is 0.257 e. The first kappa shape index (κ1) is 9.73. The highest BCUT2D eigenvalue weighted by molar-refractivity contribution is 9.10. The molecule has 0 radical (unpaired) electrons. The van der Waals surface area contributed by atoms with E-state index in [2.05, 4.69) is 20.9 Å². The van der Waals surface area contributed by atoms with Crippen molar-refractivity contribution in [3.8, 4) is 11.6 Å². The van der Waals surface area contributed by atoms with Crippen molar-refractivity contribution in [1.29, 1.82) is 0 Å². The SMILES string of the molecule is COCC1COc2cc(Br)cnc2O1. The second-order valence-electron chi connectivity index (χ2n) is 2.96. The highest BCUT2D eigenvalue weighted by atomic mass is 79.9. The van der Waals surface area contributed by atoms with E-state index in [-0.39, 0.29) is 6.10 Å². The van der Waals surface area contributed by atoms with Crippen molar-refractivity contribution in [1.82, 2.24) is 4.98 Å². The van der Waals surface area contributed by atoms with Gasteiger partial charge in [-0.25, -0.2) is 4.98 Å². The van der Waals surface area contributed by atoms with E-state index >= 15 is 0 Å². The van der Waals surface area contributed by atoms with Gasteiger partial charge in [0.15, 0.2) is 11.9 Å². The van der Waals surface area contributed by atoms with Crippen LogP contribution in [-0.2, 0) is 4.74 Å². The summed E-state index contributed by atoms with van der Waals surface area (Å²) in [5.41, 5.74) is 0. The number of rotatable bonds is 2. The predicted molar refractivity (Wildman–Crippen MR) is 53.7 cm³/mol. The molecule has 1 atom stereocenters. The molecule has 0 aliphatic carbocycles. The van der Waals surface area contributed by atoms with Gasteiger partial charge in [0, 0.05) is 23.8 Å². The number of pyridine rings is 1. The summed E-state index contributed by atoms with van der Waals surface area (Å²) in [5, 5.41) is 0. The van der Waals surface area contributed by atoms with Crippen molar-refractivity contribution in [3.05, 3.63) is 16.7 Å². The fraction of sp³-hybridized carbons (Fsp3) is 0.444. The zero-order chi connectivity index (χ0) is 9.97. The van der Waals surface area contributed by atoms with Crippen LogP contribution in [0.4, 0.5) is 0 Å². The van der Waals surface area contributed by atoms with Gasteiger partial charge in [-0.3, -0.25) is 0 Å². The molecule has 1 unspecified atom stereocenters. The Morgan fingerprint density at radius 1 is 1.71 bits per heavy atom. The number of hydrogen-bond donors (Lipinski definition) is 0. The summed E-state index contributed by atoms with van der Waals surface area (Å²) in [4.78, 5) is 4.10. The minimum absolute atomic E-state index is 0.0684. The first-order valence-corrected chi connectivity index (χ1v) is 5.03. The molecule has 5 heteroatoms. The molecule has 1 aromatic rings. The van der Waals surface area contributed by atoms with Gasteiger partial charge < -0.3 is 14.2 Å². The number of ether oxygens (including phenoxy) is 3. The average Bonchev–Trinajstić information content (AvgIpc) is 2.19. The summed E-state index contributed by atoms with van der Waals surface area (Å²) in [6.45, 7) is 1.01. The summed E-state index contributed by atoms with van der Waals surface area (Å²) in [6, 6.07) is 1.84. The first-order valence-electron chi connectivity index (χ1n) is 4.23. The highest BCUT2D eigenvalue weighted by Crippen LogP contribution is 2.31. The molecule has 1 aromatic heterocycles. The van der Waals surface area contributed by atoms with Crippen LogP contribution in [0.15, 0.2) is 16.7 Å². The zero-order valence-corrected chi connectivity index (χ0v) is 9.28. The molecule has 76 valence electrons. The Kier molecular flexibility index (Phi) is 2.88. The molecular weight excluding hydrogens is 250 g/mol. The third-order valence-corrected chi connectivity index (χ3v) is 2.27. The van der Waals surface area contributed by atoms with Gasteiger partial charge in [-0.1, -0.05) is 0 Å². The number of nitrogens with zero attached hydrogens (tertiary/aromatic N) is 1. The molecule has 0 fully saturated rings. The summed E-state index contributed by atoms with van der Waals surface area (Å²) in [6.07, 6.45) is 1.61. The van der Waals surface area contributed by atoms with E-state index in [0.717, 1.165) is 4.47 Å². The van der Waals surface area contributed by atoms with Crippen molar-refractivity contribution in [3.63, 3.8) is 0 Å². The molecule has 2 rings (SSSR count). The molecule has 0 spiro atoms. The van der Waals surface area contributed by atoms with Crippen LogP contribution in [0.5, 0.6) is 11.6 Å². The fourth-order valence-electron chi connectivity index (χ4n) is 1.24. The van der Waals surface area contributed by atoms with Crippen LogP contribution < -0.4 is 9.47 Å². The normalized spacial score (nSPS) is 19.4. The monoisotopic (exact) mass is 259 g/mol. The van der Waals surface area contributed by atoms with Gasteiger partial charge in [-0.05, 0) is 15.9 Å². The standard InChI is InChI=1S/C9H10BrNO3/c1-12-4-7-5-13-8-2-6(10)3-11-9(8)14-7/h2-3,7H,4-5H2,1H3. The van der Waals surface area contributed by atoms with Crippen LogP contribution in [0.25, 0.3) is 0 Å². The van der Waals surface area contributed by atoms with Crippen LogP contribution in [-0.4, -0.2) is 31.4 Å². The Bertz CT molecular complexity index is 332. The zero-order valence-electron chi connectivity index (χ0n) is 7.70. The minimum atomic E-state index is -0.0684. The lowest BCUT2D eigenvalue weighted by atomic mass is 10.3. The molecule has 1 aliphatic rings. The van der Waals surface area contributed by atoms with Gasteiger partial charge in [0.05, 0.1) is 6.61 Å². The lowest BCUT2D eigenvalue weighted by Gasteiger charge is -2.24. The Morgan fingerprint density at radius 3 is 3.36 bits per heavy atom. The van der Waals surface area contributed by atoms with Crippen LogP contribution in [0, 0.1) is 0 Å². The van der Waals surface area contributed by atoms with Gasteiger partial charge in [0.25, 0.3) is 5.88 Å². The lowest BCUT2D eigenvalue weighted by Crippen LogP contribution is -2.33. The molecule has 0 saturated heterocycles. The Labute approximate surface area is 90.3 Å². The van der Waals surface area contributed by atoms with Gasteiger partial charge in [0.2, 0.25) is 0 Å². The summed E-state index contributed by atoms with van der Waals surface area (Å²) >= 11 is 3.31. The van der Waals surface area contributed by atoms with Crippen LogP contribution >= 0.6 is 15.9 Å². The topological polar surface area (TPSA) is 40.6 Å². The fourth-order valence-corrected chi connectivity index (χ4v) is 1.55. The highest BCUT2D eigenvalue weighted by Gasteiger charge is 2.21. The number of aromatic nitrogens is 1. The third kappa shape index (κ3) is 1.99. The molecule has 2 heterocycles. The molecule has 1 aliphatic heterocycles. The van der Waals surface area contributed by atoms with E-state index in [1.165, 1.54) is 0 Å². The molecule has 0 saturated carbocycles. The van der Waals surface area contributed by atoms with Crippen molar-refractivity contribution < 1.29 is 14.2 Å². The van der Waals surface area contributed by atoms with Crippen molar-refractivity contribution in [2.75, 3.05) is 20.3 Å². The van der Waals surface area contributed by atoms with Crippen molar-refractivity contribution >= 4 is 15.9 Å². The first-order chi connectivity index (χ1) is 6.79. The molecule has 0 N–H and O–H groups in total. The summed E-state index contributed by atoms with van der Waals surface area (Å²) in [7, 11) is 1.63. The lowest BCUT2D eigenvalue weighted by molar-refractivity contribution is 0.0233. The van der Waals surface area contributed by atoms with E-state index in [0.29, 0.717) is 24.8 Å². The maximum absolute atomic E-state index is 5.55. The van der Waals surface area contributed by atoms with Gasteiger partial charge in [-0.2, -0.15) is 0 Å². The van der Waals surface area contributed by atoms with Gasteiger partial charge in [0.1, 0.15) is 6.61 Å². The Balaban J connectivity index is 2.15. The summed E-state index contributed by atoms with van der Waals surface area (Å²) in [5.74, 6) is 1.20. The number of methoxy groups -OCH3 is 1. The molecule has 14 heavy (non-hydrogen) atoms. The molecule has 4 nitrogen and oxygen atoms in total. The van der Waals surface area contributed by atoms with E-state index < -0.39 is 0 Å². The van der Waals surface area contributed by atoms with Gasteiger partial charge in [-0.15, -0.1) is 0 Å². The van der Waals surface area contributed by atoms with E-state index in [1.807, 2.05) is 6.07 Å². The summed E-state index contributed by atoms with van der Waals surface area (Å²) < 4.78 is 16.9. The van der Waals surface area contributed by atoms with Crippen molar-refractivity contribution in [2.24, 2.45) is 0 Å². The quantitative estimate of drug-likeness (QED) is 0.810. The average molecular weight is 260 g/mol. The second kappa shape index (κ2) is 4.14. The van der Waals surface area contributed by atoms with Crippen molar-refractivity contribution in [2.45, 2.75) is 6.10 Å². The molecular formula is C9H10BrNO3. The van der Waals surface area contributed by atoms with E-state index in [1.54, 1.807) is 13.3 Å². The van der Waals surface area contributed by atoms with E-state index in [9.17, 15) is 0 Å². The van der Waals surface area contributed by atoms with Crippen LogP contribution in [0.3, 0.4) is 0 Å². The van der Waals surface area contributed by atoms with Crippen LogP contribution in [0.1, 0.15) is 0 Å². The van der Waals surface area contributed by atoms with Gasteiger partial charge >= 0.3 is 0 Å². The number of fused-ring (bicyclic) bond motifs is 1. The number of halogens is 1. The van der Waals surface area contributed by atoms with Crippen LogP contribution in [0.2, 0.25) is 0 Å². The molecule has 0 aromatic carbocycles. The number of hydrogen-bond acceptors (Lipinski definition) is 4. The third-order valence-electron chi connectivity index (χ3n) is 1.84. The predicted octanol–water partition coefficient (Wildman–Crippen LogP) is 1.63. The van der Waals surface area contributed by atoms with E-state index in [4.69, 9.17) is 14.2 Å².